The summed E-state index contributed by atoms with van der Waals surface area (Å²) in [5.74, 6) is -0.944. The van der Waals surface area contributed by atoms with E-state index in [1.54, 1.807) is 24.4 Å². The third-order valence-electron chi connectivity index (χ3n) is 6.63. The lowest BCUT2D eigenvalue weighted by Crippen LogP contribution is -2.39. The molecule has 3 aromatic rings. The second kappa shape index (κ2) is 10.6. The highest BCUT2D eigenvalue weighted by molar-refractivity contribution is 7.80. The largest absolute Gasteiger partial charge is 0.478 e. The molecule has 0 spiro atoms. The zero-order valence-corrected chi connectivity index (χ0v) is 20.2. The normalized spacial score (nSPS) is 20.7. The topological polar surface area (TPSA) is 82.9 Å². The van der Waals surface area contributed by atoms with Crippen molar-refractivity contribution < 1.29 is 14.6 Å². The van der Waals surface area contributed by atoms with Crippen molar-refractivity contribution in [2.45, 2.75) is 18.5 Å². The fourth-order valence-electron chi connectivity index (χ4n) is 4.92. The molecule has 0 aliphatic carbocycles. The highest BCUT2D eigenvalue weighted by Gasteiger charge is 2.41. The molecular weight excluding hydrogens is 462 g/mol. The van der Waals surface area contributed by atoms with Crippen molar-refractivity contribution in [2.75, 3.05) is 39.4 Å². The number of hydrogen-bond donors (Lipinski definition) is 2. The predicted molar refractivity (Wildman–Crippen MR) is 137 cm³/mol. The number of carbonyl (C=O) groups is 1. The fourth-order valence-corrected chi connectivity index (χ4v) is 5.25. The van der Waals surface area contributed by atoms with E-state index in [1.165, 1.54) is 0 Å². The first-order valence-electron chi connectivity index (χ1n) is 11.9. The van der Waals surface area contributed by atoms with E-state index < -0.39 is 5.97 Å². The van der Waals surface area contributed by atoms with Crippen LogP contribution in [0.1, 0.15) is 40.3 Å². The number of benzene rings is 1. The summed E-state index contributed by atoms with van der Waals surface area (Å²) in [6.45, 7) is 5.30. The average molecular weight is 492 g/mol. The minimum absolute atomic E-state index is 0.0921. The Balaban J connectivity index is 1.46. The first kappa shape index (κ1) is 23.5. The molecule has 9 heteroatoms. The Morgan fingerprint density at radius 3 is 2.74 bits per heavy atom. The minimum atomic E-state index is -0.944. The molecule has 0 radical (unpaired) electrons. The fraction of sp³-hybridized carbons (Fsp3) is 0.346. The molecule has 2 aliphatic rings. The molecule has 2 atom stereocenters. The molecule has 2 aliphatic heterocycles. The summed E-state index contributed by atoms with van der Waals surface area (Å²) in [6.07, 6.45) is 4.75. The molecule has 35 heavy (non-hydrogen) atoms. The summed E-state index contributed by atoms with van der Waals surface area (Å²) < 4.78 is 7.53. The van der Waals surface area contributed by atoms with Gasteiger partial charge in [-0.25, -0.2) is 4.79 Å². The van der Waals surface area contributed by atoms with Gasteiger partial charge in [0.25, 0.3) is 0 Å². The monoisotopic (exact) mass is 491 g/mol. The maximum absolute atomic E-state index is 11.6. The lowest BCUT2D eigenvalue weighted by molar-refractivity contribution is 0.0365. The van der Waals surface area contributed by atoms with Crippen LogP contribution in [0.15, 0.2) is 67.0 Å². The molecule has 182 valence electrons. The molecule has 2 fully saturated rings. The quantitative estimate of drug-likeness (QED) is 0.465. The Morgan fingerprint density at radius 1 is 1.11 bits per heavy atom. The zero-order chi connectivity index (χ0) is 24.2. The van der Waals surface area contributed by atoms with E-state index >= 15 is 0 Å². The number of carboxylic acids is 1. The van der Waals surface area contributed by atoms with E-state index in [9.17, 15) is 9.90 Å². The van der Waals surface area contributed by atoms with Crippen molar-refractivity contribution in [3.8, 4) is 5.69 Å². The Bertz CT molecular complexity index is 1180. The number of aromatic carboxylic acids is 1. The summed E-state index contributed by atoms with van der Waals surface area (Å²) >= 11 is 5.82. The van der Waals surface area contributed by atoms with Gasteiger partial charge in [-0.2, -0.15) is 0 Å². The summed E-state index contributed by atoms with van der Waals surface area (Å²) in [4.78, 5) is 20.9. The second-order valence-corrected chi connectivity index (χ2v) is 9.17. The van der Waals surface area contributed by atoms with Crippen molar-refractivity contribution >= 4 is 23.3 Å². The molecule has 0 bridgehead atoms. The number of aromatic nitrogens is 2. The van der Waals surface area contributed by atoms with Crippen LogP contribution < -0.4 is 5.32 Å². The van der Waals surface area contributed by atoms with Crippen LogP contribution in [0.3, 0.4) is 0 Å². The number of nitrogens with zero attached hydrogens (tertiary/aromatic N) is 4. The molecule has 0 amide bonds. The molecule has 5 rings (SSSR count). The van der Waals surface area contributed by atoms with E-state index in [0.29, 0.717) is 5.11 Å². The third-order valence-corrected chi connectivity index (χ3v) is 6.98. The predicted octanol–water partition coefficient (Wildman–Crippen LogP) is 3.27. The van der Waals surface area contributed by atoms with Crippen LogP contribution in [0.5, 0.6) is 0 Å². The highest BCUT2D eigenvalue weighted by atomic mass is 32.1. The lowest BCUT2D eigenvalue weighted by Gasteiger charge is -2.31. The summed E-state index contributed by atoms with van der Waals surface area (Å²) in [6, 6.07) is 16.8. The van der Waals surface area contributed by atoms with Gasteiger partial charge >= 0.3 is 5.97 Å². The van der Waals surface area contributed by atoms with E-state index in [-0.39, 0.29) is 17.6 Å². The van der Waals surface area contributed by atoms with Crippen molar-refractivity contribution in [2.24, 2.45) is 0 Å². The maximum Gasteiger partial charge on any atom is 0.335 e. The number of thiocarbonyl (C=S) groups is 1. The van der Waals surface area contributed by atoms with Gasteiger partial charge in [0.15, 0.2) is 5.11 Å². The van der Waals surface area contributed by atoms with Crippen LogP contribution in [0.2, 0.25) is 0 Å². The number of ether oxygens (including phenoxy) is 1. The zero-order valence-electron chi connectivity index (χ0n) is 19.4. The van der Waals surface area contributed by atoms with Gasteiger partial charge in [0.05, 0.1) is 36.6 Å². The van der Waals surface area contributed by atoms with Crippen LogP contribution >= 0.6 is 12.2 Å². The molecule has 0 unspecified atom stereocenters. The van der Waals surface area contributed by atoms with Gasteiger partial charge in [-0.15, -0.1) is 0 Å². The number of rotatable bonds is 8. The van der Waals surface area contributed by atoms with Gasteiger partial charge < -0.3 is 24.6 Å². The Labute approximate surface area is 210 Å². The summed E-state index contributed by atoms with van der Waals surface area (Å²) in [7, 11) is 0. The van der Waals surface area contributed by atoms with Crippen LogP contribution in [0.4, 0.5) is 0 Å². The molecule has 2 aromatic heterocycles. The Hall–Kier alpha value is -3.27. The Morgan fingerprint density at radius 2 is 1.97 bits per heavy atom. The number of morpholine rings is 1. The number of pyridine rings is 1. The van der Waals surface area contributed by atoms with E-state index in [4.69, 9.17) is 17.0 Å². The van der Waals surface area contributed by atoms with Gasteiger partial charge in [-0.3, -0.25) is 9.88 Å². The maximum atomic E-state index is 11.6. The van der Waals surface area contributed by atoms with E-state index in [1.807, 2.05) is 36.5 Å². The van der Waals surface area contributed by atoms with Gasteiger partial charge in [0.1, 0.15) is 0 Å². The van der Waals surface area contributed by atoms with E-state index in [0.717, 1.165) is 62.9 Å². The first-order valence-corrected chi connectivity index (χ1v) is 12.3. The van der Waals surface area contributed by atoms with E-state index in [2.05, 4.69) is 30.7 Å². The molecule has 2 N–H and O–H groups in total. The standard InChI is InChI=1S/C26H29N5O3S/c32-25(33)19-6-3-7-20(18-19)30-12-4-9-22(30)24-23(21-8-1-2-10-27-21)28-26(35)31(24)13-5-11-29-14-16-34-17-15-29/h1-4,6-10,12,18,23-24H,5,11,13-17H2,(H,28,35)(H,32,33)/t23-,24+/m1/s1. The summed E-state index contributed by atoms with van der Waals surface area (Å²) in [5, 5.41) is 13.7. The van der Waals surface area contributed by atoms with Gasteiger partial charge in [0.2, 0.25) is 0 Å². The van der Waals surface area contributed by atoms with Crippen molar-refractivity contribution in [1.82, 2.24) is 24.7 Å². The van der Waals surface area contributed by atoms with Gasteiger partial charge in [-0.05, 0) is 61.1 Å². The van der Waals surface area contributed by atoms with Crippen LogP contribution in [0.25, 0.3) is 5.69 Å². The lowest BCUT2D eigenvalue weighted by atomic mass is 10.0. The van der Waals surface area contributed by atoms with Crippen LogP contribution in [0, 0.1) is 0 Å². The molecule has 1 aromatic carbocycles. The molecular formula is C26H29N5O3S. The number of carboxylic acid groups (broad SMARTS) is 1. The first-order chi connectivity index (χ1) is 17.1. The summed E-state index contributed by atoms with van der Waals surface area (Å²) in [5.41, 5.74) is 3.01. The van der Waals surface area contributed by atoms with Crippen LogP contribution in [-0.4, -0.2) is 74.9 Å². The Kier molecular flexibility index (Phi) is 7.08. The molecule has 2 saturated heterocycles. The SMILES string of the molecule is O=C(O)c1cccc(-n2cccc2[C@H]2[C@@H](c3ccccn3)NC(=S)N2CCCN2CCOCC2)c1. The smallest absolute Gasteiger partial charge is 0.335 e. The number of nitrogens with one attached hydrogen (secondary N) is 1. The van der Waals surface area contributed by atoms with Crippen molar-refractivity contribution in [3.63, 3.8) is 0 Å². The van der Waals surface area contributed by atoms with Crippen molar-refractivity contribution in [3.05, 3.63) is 83.9 Å². The van der Waals surface area contributed by atoms with Gasteiger partial charge in [-0.1, -0.05) is 12.1 Å². The van der Waals surface area contributed by atoms with Crippen LogP contribution in [-0.2, 0) is 4.74 Å². The molecule has 4 heterocycles. The van der Waals surface area contributed by atoms with Crippen molar-refractivity contribution in [1.29, 1.82) is 0 Å². The van der Waals surface area contributed by atoms with Gasteiger partial charge in [0, 0.05) is 50.0 Å². The second-order valence-electron chi connectivity index (χ2n) is 8.79. The average Bonchev–Trinajstić information content (AvgIpc) is 3.50. The molecule has 0 saturated carbocycles. The number of hydrogen-bond acceptors (Lipinski definition) is 5. The highest BCUT2D eigenvalue weighted by Crippen LogP contribution is 2.39. The minimum Gasteiger partial charge on any atom is -0.478 e. The third kappa shape index (κ3) is 5.07. The molecule has 8 nitrogen and oxygen atoms in total.